The summed E-state index contributed by atoms with van der Waals surface area (Å²) in [6.07, 6.45) is 1.70. The lowest BCUT2D eigenvalue weighted by Crippen LogP contribution is -2.17. The number of amides is 1. The number of ether oxygens (including phenoxy) is 2. The minimum atomic E-state index is -0.206. The fraction of sp³-hybridized carbons (Fsp3) is 0.286. The lowest BCUT2D eigenvalue weighted by atomic mass is 10.1. The Morgan fingerprint density at radius 1 is 1.43 bits per heavy atom. The summed E-state index contributed by atoms with van der Waals surface area (Å²) >= 11 is 12.4. The van der Waals surface area contributed by atoms with E-state index in [1.165, 1.54) is 11.8 Å². The number of thioether (sulfide) groups is 1. The molecular weight excluding hydrogens is 330 g/mol. The third-order valence-electron chi connectivity index (χ3n) is 2.55. The zero-order chi connectivity index (χ0) is 15.6. The number of hydrogen-bond donors (Lipinski definition) is 1. The van der Waals surface area contributed by atoms with Gasteiger partial charge < -0.3 is 14.8 Å². The molecule has 0 saturated carbocycles. The molecule has 0 atom stereocenters. The molecule has 0 spiro atoms. The van der Waals surface area contributed by atoms with Crippen molar-refractivity contribution in [3.8, 4) is 11.5 Å². The number of carbonyl (C=O) groups excluding carboxylic acids is 1. The molecule has 0 radical (unpaired) electrons. The minimum Gasteiger partial charge on any atom is -0.493 e. The molecule has 1 aromatic rings. The smallest absolute Gasteiger partial charge is 0.263 e. The molecule has 1 amide bonds. The fourth-order valence-electron chi connectivity index (χ4n) is 1.75. The molecule has 0 aromatic heterocycles. The monoisotopic (exact) mass is 343 g/mol. The first-order chi connectivity index (χ1) is 9.90. The Labute approximate surface area is 137 Å². The van der Waals surface area contributed by atoms with Crippen molar-refractivity contribution < 1.29 is 14.3 Å². The molecule has 1 saturated heterocycles. The Hall–Kier alpha value is -1.24. The van der Waals surface area contributed by atoms with Crippen LogP contribution in [-0.2, 0) is 4.79 Å². The molecular formula is C14H14ClNO3S2. The second-order valence-electron chi connectivity index (χ2n) is 4.55. The van der Waals surface area contributed by atoms with E-state index in [1.807, 2.05) is 13.8 Å². The summed E-state index contributed by atoms with van der Waals surface area (Å²) in [4.78, 5) is 12.2. The van der Waals surface area contributed by atoms with Gasteiger partial charge in [-0.25, -0.2) is 0 Å². The van der Waals surface area contributed by atoms with Gasteiger partial charge in [-0.3, -0.25) is 4.79 Å². The van der Waals surface area contributed by atoms with Gasteiger partial charge in [-0.05, 0) is 37.6 Å². The van der Waals surface area contributed by atoms with Gasteiger partial charge in [-0.2, -0.15) is 0 Å². The average molecular weight is 344 g/mol. The van der Waals surface area contributed by atoms with Gasteiger partial charge in [-0.15, -0.1) is 0 Å². The highest BCUT2D eigenvalue weighted by Gasteiger charge is 2.22. The van der Waals surface area contributed by atoms with Gasteiger partial charge in [-0.1, -0.05) is 35.6 Å². The number of nitrogens with one attached hydrogen (secondary N) is 1. The van der Waals surface area contributed by atoms with E-state index in [2.05, 4.69) is 5.32 Å². The molecule has 1 fully saturated rings. The van der Waals surface area contributed by atoms with E-state index in [9.17, 15) is 4.79 Å². The molecule has 1 aliphatic rings. The first kappa shape index (κ1) is 16.1. The number of halogens is 1. The number of rotatable bonds is 4. The van der Waals surface area contributed by atoms with Crippen molar-refractivity contribution >= 4 is 51.9 Å². The quantitative estimate of drug-likeness (QED) is 0.668. The summed E-state index contributed by atoms with van der Waals surface area (Å²) in [6.45, 7) is 3.82. The molecule has 0 unspecified atom stereocenters. The van der Waals surface area contributed by atoms with Crippen molar-refractivity contribution in [2.45, 2.75) is 20.0 Å². The van der Waals surface area contributed by atoms with E-state index >= 15 is 0 Å². The largest absolute Gasteiger partial charge is 0.493 e. The second-order valence-corrected chi connectivity index (χ2v) is 6.68. The van der Waals surface area contributed by atoms with E-state index in [0.29, 0.717) is 25.7 Å². The third-order valence-corrected chi connectivity index (χ3v) is 3.99. The highest BCUT2D eigenvalue weighted by Crippen LogP contribution is 2.38. The van der Waals surface area contributed by atoms with Crippen molar-refractivity contribution in [3.63, 3.8) is 0 Å². The summed E-state index contributed by atoms with van der Waals surface area (Å²) in [7, 11) is 1.54. The molecule has 0 bridgehead atoms. The number of methoxy groups -OCH3 is 1. The highest BCUT2D eigenvalue weighted by molar-refractivity contribution is 8.26. The molecule has 7 heteroatoms. The maximum atomic E-state index is 11.7. The Bertz CT molecular complexity index is 629. The summed E-state index contributed by atoms with van der Waals surface area (Å²) in [5.41, 5.74) is 0.746. The Morgan fingerprint density at radius 2 is 2.14 bits per heavy atom. The normalized spacial score (nSPS) is 16.5. The first-order valence-electron chi connectivity index (χ1n) is 6.19. The standard InChI is InChI=1S/C14H14ClNO3S2/c1-7(2)19-12-9(15)4-8(5-10(12)18-3)6-11-13(17)16-14(20)21-11/h4-7H,1-3H3,(H,16,17,20). The van der Waals surface area contributed by atoms with Crippen LogP contribution in [-0.4, -0.2) is 23.4 Å². The topological polar surface area (TPSA) is 47.6 Å². The summed E-state index contributed by atoms with van der Waals surface area (Å²) < 4.78 is 11.4. The SMILES string of the molecule is COc1cc(C=C2SC(=S)NC2=O)cc(Cl)c1OC(C)C. The van der Waals surface area contributed by atoms with Gasteiger partial charge in [0.25, 0.3) is 5.91 Å². The molecule has 2 rings (SSSR count). The van der Waals surface area contributed by atoms with Crippen LogP contribution in [0.2, 0.25) is 5.02 Å². The molecule has 1 aromatic carbocycles. The fourth-order valence-corrected chi connectivity index (χ4v) is 3.05. The molecule has 1 aliphatic heterocycles. The van der Waals surface area contributed by atoms with Crippen molar-refractivity contribution in [1.82, 2.24) is 5.32 Å². The lowest BCUT2D eigenvalue weighted by molar-refractivity contribution is -0.115. The van der Waals surface area contributed by atoms with Crippen LogP contribution in [0.15, 0.2) is 17.0 Å². The maximum Gasteiger partial charge on any atom is 0.263 e. The van der Waals surface area contributed by atoms with E-state index in [0.717, 1.165) is 5.56 Å². The van der Waals surface area contributed by atoms with Crippen LogP contribution < -0.4 is 14.8 Å². The molecule has 4 nitrogen and oxygen atoms in total. The van der Waals surface area contributed by atoms with E-state index in [-0.39, 0.29) is 12.0 Å². The lowest BCUT2D eigenvalue weighted by Gasteiger charge is -2.15. The van der Waals surface area contributed by atoms with Gasteiger partial charge in [0, 0.05) is 0 Å². The molecule has 21 heavy (non-hydrogen) atoms. The van der Waals surface area contributed by atoms with Gasteiger partial charge >= 0.3 is 0 Å². The highest BCUT2D eigenvalue weighted by atomic mass is 35.5. The van der Waals surface area contributed by atoms with Crippen molar-refractivity contribution in [3.05, 3.63) is 27.6 Å². The second kappa shape index (κ2) is 6.68. The zero-order valence-electron chi connectivity index (χ0n) is 11.7. The van der Waals surface area contributed by atoms with Crippen LogP contribution in [0.1, 0.15) is 19.4 Å². The van der Waals surface area contributed by atoms with Crippen LogP contribution in [0.25, 0.3) is 6.08 Å². The van der Waals surface area contributed by atoms with Crippen LogP contribution in [0, 0.1) is 0 Å². The number of hydrogen-bond acceptors (Lipinski definition) is 5. The van der Waals surface area contributed by atoms with Crippen LogP contribution in [0.5, 0.6) is 11.5 Å². The Balaban J connectivity index is 2.38. The minimum absolute atomic E-state index is 0.0193. The van der Waals surface area contributed by atoms with Crippen LogP contribution in [0.4, 0.5) is 0 Å². The first-order valence-corrected chi connectivity index (χ1v) is 7.80. The predicted molar refractivity (Wildman–Crippen MR) is 90.1 cm³/mol. The summed E-state index contributed by atoms with van der Waals surface area (Å²) in [6, 6.07) is 3.50. The molecule has 1 N–H and O–H groups in total. The van der Waals surface area contributed by atoms with Crippen molar-refractivity contribution in [2.24, 2.45) is 0 Å². The van der Waals surface area contributed by atoms with Gasteiger partial charge in [0.05, 0.1) is 23.1 Å². The number of thiocarbonyl (C=S) groups is 1. The van der Waals surface area contributed by atoms with Gasteiger partial charge in [0.15, 0.2) is 11.5 Å². The van der Waals surface area contributed by atoms with E-state index < -0.39 is 0 Å². The van der Waals surface area contributed by atoms with Crippen molar-refractivity contribution in [1.29, 1.82) is 0 Å². The van der Waals surface area contributed by atoms with Gasteiger partial charge in [0.1, 0.15) is 4.32 Å². The van der Waals surface area contributed by atoms with Crippen LogP contribution in [0.3, 0.4) is 0 Å². The van der Waals surface area contributed by atoms with E-state index in [1.54, 1.807) is 25.3 Å². The maximum absolute atomic E-state index is 11.7. The average Bonchev–Trinajstić information content (AvgIpc) is 2.70. The molecule has 112 valence electrons. The third kappa shape index (κ3) is 3.90. The summed E-state index contributed by atoms with van der Waals surface area (Å²) in [5, 5.41) is 3.00. The summed E-state index contributed by atoms with van der Waals surface area (Å²) in [5.74, 6) is 0.812. The Morgan fingerprint density at radius 3 is 2.67 bits per heavy atom. The molecule has 0 aliphatic carbocycles. The zero-order valence-corrected chi connectivity index (χ0v) is 14.1. The van der Waals surface area contributed by atoms with Gasteiger partial charge in [0.2, 0.25) is 0 Å². The van der Waals surface area contributed by atoms with E-state index in [4.69, 9.17) is 33.3 Å². The number of benzene rings is 1. The number of carbonyl (C=O) groups is 1. The van der Waals surface area contributed by atoms with Crippen LogP contribution >= 0.6 is 35.6 Å². The van der Waals surface area contributed by atoms with Crippen molar-refractivity contribution in [2.75, 3.05) is 7.11 Å². The Kier molecular flexibility index (Phi) is 5.13. The predicted octanol–water partition coefficient (Wildman–Crippen LogP) is 3.62. The molecule has 1 heterocycles.